The van der Waals surface area contributed by atoms with Crippen LogP contribution < -0.4 is 0 Å². The van der Waals surface area contributed by atoms with Gasteiger partial charge in [0.05, 0.1) is 0 Å². The molecule has 0 saturated carbocycles. The van der Waals surface area contributed by atoms with Crippen LogP contribution in [0.1, 0.15) is 57.2 Å². The summed E-state index contributed by atoms with van der Waals surface area (Å²) in [4.78, 5) is 14.3. The van der Waals surface area contributed by atoms with E-state index in [0.29, 0.717) is 5.92 Å². The van der Waals surface area contributed by atoms with E-state index in [1.54, 1.807) is 0 Å². The third kappa shape index (κ3) is 10.8. The van der Waals surface area contributed by atoms with Crippen molar-refractivity contribution in [3.63, 3.8) is 0 Å². The molecule has 0 atom stereocenters. The molecule has 2 nitrogen and oxygen atoms in total. The van der Waals surface area contributed by atoms with E-state index >= 15 is 0 Å². The number of halogens is 2. The second-order valence-electron chi connectivity index (χ2n) is 13.1. The summed E-state index contributed by atoms with van der Waals surface area (Å²) < 4.78 is 0. The van der Waals surface area contributed by atoms with Crippen molar-refractivity contribution in [3.05, 3.63) is 159 Å². The van der Waals surface area contributed by atoms with Gasteiger partial charge in [-0.3, -0.25) is 0 Å². The Kier molecular flexibility index (Phi) is 17.6. The van der Waals surface area contributed by atoms with Crippen LogP contribution in [0.15, 0.2) is 127 Å². The Balaban J connectivity index is 0.000000291. The fourth-order valence-corrected chi connectivity index (χ4v) is 6.07. The molecule has 0 aromatic heterocycles. The molecule has 7 rings (SSSR count). The third-order valence-corrected chi connectivity index (χ3v) is 8.48. The zero-order valence-corrected chi connectivity index (χ0v) is 35.3. The van der Waals surface area contributed by atoms with Crippen molar-refractivity contribution in [1.82, 2.24) is 0 Å². The van der Waals surface area contributed by atoms with Gasteiger partial charge in [0.15, 0.2) is 0 Å². The van der Waals surface area contributed by atoms with E-state index in [1.807, 2.05) is 0 Å². The van der Waals surface area contributed by atoms with Gasteiger partial charge in [-0.25, -0.2) is 0 Å². The molecule has 0 spiro atoms. The zero-order valence-electron chi connectivity index (χ0n) is 30.4. The van der Waals surface area contributed by atoms with Crippen LogP contribution in [-0.4, -0.2) is 19.6 Å². The SMILES string of the molecule is CC(C)c1cc2c(-c3ccc(C(C)(C)C)cc3)cccc2[cH-]1.Cc1cc2c(-c3cccc4ccccc34)cccc2[cH-]1.O[Si]O.[CH3-].[CH3-].[Cl][Zr][Cl]. The van der Waals surface area contributed by atoms with Crippen LogP contribution >= 0.6 is 17.0 Å². The van der Waals surface area contributed by atoms with Gasteiger partial charge in [0.1, 0.15) is 0 Å². The fourth-order valence-electron chi connectivity index (χ4n) is 6.07. The van der Waals surface area contributed by atoms with Crippen LogP contribution in [-0.2, 0) is 26.3 Å². The number of hydrogen-bond acceptors (Lipinski definition) is 2. The van der Waals surface area contributed by atoms with E-state index in [1.165, 1.54) is 71.3 Å². The van der Waals surface area contributed by atoms with Gasteiger partial charge in [-0.2, -0.15) is 12.1 Å². The maximum absolute atomic E-state index is 7.15. The van der Waals surface area contributed by atoms with E-state index < -0.39 is 30.9 Å². The van der Waals surface area contributed by atoms with Crippen molar-refractivity contribution in [1.29, 1.82) is 0 Å². The topological polar surface area (TPSA) is 40.5 Å². The number of rotatable bonds is 3. The molecule has 0 aliphatic rings. The van der Waals surface area contributed by atoms with Crippen molar-refractivity contribution in [3.8, 4) is 22.3 Å². The van der Waals surface area contributed by atoms with Crippen LogP contribution in [0.5, 0.6) is 0 Å². The summed E-state index contributed by atoms with van der Waals surface area (Å²) in [7, 11) is 8.95. The average molecular weight is 799 g/mol. The first kappa shape index (κ1) is 43.3. The van der Waals surface area contributed by atoms with Crippen molar-refractivity contribution in [2.45, 2.75) is 52.9 Å². The third-order valence-electron chi connectivity index (χ3n) is 8.48. The Bertz CT molecular complexity index is 2050. The number of aryl methyl sites for hydroxylation is 1. The summed E-state index contributed by atoms with van der Waals surface area (Å²) in [6, 6.07) is 46.6. The summed E-state index contributed by atoms with van der Waals surface area (Å²) in [5.41, 5.74) is 9.63. The predicted molar refractivity (Wildman–Crippen MR) is 220 cm³/mol. The van der Waals surface area contributed by atoms with Crippen molar-refractivity contribution < 1.29 is 30.4 Å². The van der Waals surface area contributed by atoms with Crippen molar-refractivity contribution in [2.24, 2.45) is 0 Å². The molecule has 2 N–H and O–H groups in total. The van der Waals surface area contributed by atoms with E-state index in [4.69, 9.17) is 26.6 Å². The van der Waals surface area contributed by atoms with E-state index in [0.717, 1.165) is 0 Å². The summed E-state index contributed by atoms with van der Waals surface area (Å²) in [5.74, 6) is 0.573. The Morgan fingerprint density at radius 2 is 1.12 bits per heavy atom. The van der Waals surface area contributed by atoms with Crippen LogP contribution in [0.2, 0.25) is 0 Å². The molecule has 0 aliphatic heterocycles. The first-order valence-electron chi connectivity index (χ1n) is 16.0. The standard InChI is InChI=1S/C22H25.C20H15.2CH3.2ClH.H2O2Si.Zr/c1-15(2)18-13-17-7-6-8-20(21(17)14-18)16-9-11-19(12-10-16)22(3,4)5;1-14-12-16-8-5-11-19(20(16)13-14)18-10-4-7-15-6-2-3-9-17(15)18;;;;;1-3-2;/h6-15H,1-5H3;2-13H,1H3;2*1H3;2*1H;1-2H;/q4*-1;;;;+2/p-2. The van der Waals surface area contributed by atoms with Gasteiger partial charge in [0.25, 0.3) is 0 Å². The minimum absolute atomic E-state index is 0. The van der Waals surface area contributed by atoms with Gasteiger partial charge in [0.2, 0.25) is 0 Å². The molecule has 0 bridgehead atoms. The Morgan fingerprint density at radius 1 is 0.640 bits per heavy atom. The average Bonchev–Trinajstić information content (AvgIpc) is 3.69. The predicted octanol–water partition coefficient (Wildman–Crippen LogP) is 13.1. The summed E-state index contributed by atoms with van der Waals surface area (Å²) >= 11 is -0.826. The summed E-state index contributed by atoms with van der Waals surface area (Å²) in [6.07, 6.45) is 0. The molecule has 6 heteroatoms. The Labute approximate surface area is 321 Å². The normalized spacial score (nSPS) is 10.5. The molecule has 50 heavy (non-hydrogen) atoms. The molecule has 262 valence electrons. The van der Waals surface area contributed by atoms with Crippen LogP contribution in [0.4, 0.5) is 0 Å². The number of hydrogen-bond donors (Lipinski definition) is 2. The van der Waals surface area contributed by atoms with Gasteiger partial charge in [-0.05, 0) is 38.8 Å². The fraction of sp³-hybridized carbons (Fsp3) is 0.182. The monoisotopic (exact) mass is 796 g/mol. The number of benzene rings is 5. The first-order valence-corrected chi connectivity index (χ1v) is 23.2. The molecular formula is C44H48Cl2O2SiZr-4. The van der Waals surface area contributed by atoms with Gasteiger partial charge in [-0.15, -0.1) is 69.1 Å². The molecule has 0 aliphatic carbocycles. The summed E-state index contributed by atoms with van der Waals surface area (Å²) in [6.45, 7) is 13.4. The molecule has 7 aromatic rings. The summed E-state index contributed by atoms with van der Waals surface area (Å²) in [5, 5.41) is 8.01. The number of fused-ring (bicyclic) bond motifs is 3. The van der Waals surface area contributed by atoms with Gasteiger partial charge in [0, 0.05) is 0 Å². The van der Waals surface area contributed by atoms with Gasteiger partial charge >= 0.3 is 47.9 Å². The van der Waals surface area contributed by atoms with E-state index in [9.17, 15) is 0 Å². The maximum atomic E-state index is 7.15. The van der Waals surface area contributed by atoms with Crippen LogP contribution in [0.3, 0.4) is 0 Å². The Hall–Kier alpha value is -2.82. The molecule has 0 unspecified atom stereocenters. The van der Waals surface area contributed by atoms with Crippen LogP contribution in [0.25, 0.3) is 54.6 Å². The van der Waals surface area contributed by atoms with Gasteiger partial charge < -0.3 is 24.4 Å². The molecule has 0 amide bonds. The van der Waals surface area contributed by atoms with Crippen molar-refractivity contribution >= 4 is 59.3 Å². The van der Waals surface area contributed by atoms with Gasteiger partial charge in [-0.1, -0.05) is 132 Å². The molecule has 0 fully saturated rings. The van der Waals surface area contributed by atoms with Crippen LogP contribution in [0, 0.1) is 21.8 Å². The minimum atomic E-state index is -0.917. The second kappa shape index (κ2) is 20.3. The zero-order chi connectivity index (χ0) is 34.8. The molecule has 0 saturated heterocycles. The quantitative estimate of drug-likeness (QED) is 0.138. The molecule has 0 heterocycles. The van der Waals surface area contributed by atoms with Crippen molar-refractivity contribution in [2.75, 3.05) is 0 Å². The molecule has 7 aromatic carbocycles. The Morgan fingerprint density at radius 3 is 1.70 bits per heavy atom. The molecular weight excluding hydrogens is 751 g/mol. The first-order chi connectivity index (χ1) is 23.0. The van der Waals surface area contributed by atoms with E-state index in [2.05, 4.69) is 169 Å². The molecule has 2 radical (unpaired) electrons. The second-order valence-corrected chi connectivity index (χ2v) is 17.1. The van der Waals surface area contributed by atoms with E-state index in [-0.39, 0.29) is 20.3 Å².